The second kappa shape index (κ2) is 4.63. The predicted molar refractivity (Wildman–Crippen MR) is 61.2 cm³/mol. The van der Waals surface area contributed by atoms with E-state index >= 15 is 0 Å². The number of hydrogen-bond acceptors (Lipinski definition) is 2. The molecule has 0 saturated heterocycles. The Balaban J connectivity index is 2.15. The molecule has 15 heavy (non-hydrogen) atoms. The first-order valence-corrected chi connectivity index (χ1v) is 8.01. The van der Waals surface area contributed by atoms with Gasteiger partial charge in [-0.15, -0.1) is 0 Å². The third-order valence-corrected chi connectivity index (χ3v) is 6.28. The maximum absolute atomic E-state index is 9.15. The number of hydrogen-bond donors (Lipinski definition) is 2. The maximum atomic E-state index is 9.15. The third kappa shape index (κ3) is 2.93. The second-order valence-corrected chi connectivity index (χ2v) is 8.03. The standard InChI is InChI=1S/2C6H5O.Bi/c2*7-6-4-2-1-3-5-6;/h2*2-5,7H;. The van der Waals surface area contributed by atoms with Crippen LogP contribution in [0.5, 0.6) is 11.5 Å². The predicted octanol–water partition coefficient (Wildman–Crippen LogP) is 0.753. The van der Waals surface area contributed by atoms with Crippen LogP contribution in [0.25, 0.3) is 0 Å². The van der Waals surface area contributed by atoms with Crippen LogP contribution in [-0.4, -0.2) is 33.4 Å². The van der Waals surface area contributed by atoms with Gasteiger partial charge in [-0.3, -0.25) is 0 Å². The van der Waals surface area contributed by atoms with Crippen LogP contribution in [0, 0.1) is 0 Å². The summed E-state index contributed by atoms with van der Waals surface area (Å²) in [5.41, 5.74) is 0. The molecule has 2 rings (SSSR count). The molecule has 3 heteroatoms. The van der Waals surface area contributed by atoms with Gasteiger partial charge < -0.3 is 0 Å². The molecule has 0 fully saturated rings. The molecule has 0 amide bonds. The monoisotopic (exact) mass is 395 g/mol. The van der Waals surface area contributed by atoms with Crippen molar-refractivity contribution in [1.82, 2.24) is 0 Å². The average Bonchev–Trinajstić information content (AvgIpc) is 2.25. The van der Waals surface area contributed by atoms with Crippen molar-refractivity contribution < 1.29 is 10.2 Å². The SMILES string of the molecule is Oc1cc[c]([Bi][c]2ccc(O)cc2)cc1. The van der Waals surface area contributed by atoms with E-state index in [2.05, 4.69) is 0 Å². The Morgan fingerprint density at radius 2 is 0.933 bits per heavy atom. The van der Waals surface area contributed by atoms with Gasteiger partial charge in [0.1, 0.15) is 0 Å². The van der Waals surface area contributed by atoms with Gasteiger partial charge in [-0.2, -0.15) is 0 Å². The van der Waals surface area contributed by atoms with Gasteiger partial charge in [0.25, 0.3) is 0 Å². The molecule has 0 aliphatic rings. The summed E-state index contributed by atoms with van der Waals surface area (Å²) in [6, 6.07) is 14.8. The first kappa shape index (κ1) is 10.4. The zero-order valence-electron chi connectivity index (χ0n) is 7.96. The van der Waals surface area contributed by atoms with Gasteiger partial charge in [0.15, 0.2) is 0 Å². The van der Waals surface area contributed by atoms with E-state index in [1.54, 1.807) is 24.3 Å². The van der Waals surface area contributed by atoms with Crippen LogP contribution in [0.3, 0.4) is 0 Å². The topological polar surface area (TPSA) is 40.5 Å². The molecule has 0 unspecified atom stereocenters. The number of aromatic hydroxyl groups is 2. The Labute approximate surface area is 99.8 Å². The number of phenols is 2. The summed E-state index contributed by atoms with van der Waals surface area (Å²) in [6.45, 7) is 0. The molecular formula is C12H10BiO2. The van der Waals surface area contributed by atoms with Gasteiger partial charge in [0, 0.05) is 0 Å². The molecule has 0 aliphatic carbocycles. The molecule has 0 bridgehead atoms. The number of rotatable bonds is 2. The van der Waals surface area contributed by atoms with Crippen molar-refractivity contribution in [3.8, 4) is 11.5 Å². The Morgan fingerprint density at radius 3 is 1.27 bits per heavy atom. The van der Waals surface area contributed by atoms with Crippen molar-refractivity contribution >= 4 is 29.8 Å². The summed E-state index contributed by atoms with van der Waals surface area (Å²) in [6.07, 6.45) is 0. The van der Waals surface area contributed by atoms with Crippen molar-refractivity contribution in [2.45, 2.75) is 0 Å². The third-order valence-electron chi connectivity index (χ3n) is 1.96. The summed E-state index contributed by atoms with van der Waals surface area (Å²) in [4.78, 5) is 0. The van der Waals surface area contributed by atoms with Crippen molar-refractivity contribution in [2.24, 2.45) is 0 Å². The summed E-state index contributed by atoms with van der Waals surface area (Å²) < 4.78 is 2.64. The quantitative estimate of drug-likeness (QED) is 0.738. The molecule has 0 heterocycles. The Bertz CT molecular complexity index is 391. The second-order valence-electron chi connectivity index (χ2n) is 3.14. The molecule has 1 radical (unpaired) electrons. The van der Waals surface area contributed by atoms with Crippen LogP contribution in [0.1, 0.15) is 0 Å². The number of phenolic OH excluding ortho intramolecular Hbond substituents is 2. The Kier molecular flexibility index (Phi) is 3.22. The van der Waals surface area contributed by atoms with Crippen LogP contribution >= 0.6 is 0 Å². The molecule has 0 saturated carbocycles. The van der Waals surface area contributed by atoms with E-state index in [-0.39, 0.29) is 0 Å². The first-order chi connectivity index (χ1) is 7.24. The fraction of sp³-hybridized carbons (Fsp3) is 0. The summed E-state index contributed by atoms with van der Waals surface area (Å²) in [5.74, 6) is 0.622. The Hall–Kier alpha value is -1.08. The average molecular weight is 395 g/mol. The van der Waals surface area contributed by atoms with Gasteiger partial charge in [0.05, 0.1) is 0 Å². The fourth-order valence-corrected chi connectivity index (χ4v) is 4.68. The van der Waals surface area contributed by atoms with Gasteiger partial charge in [-0.05, 0) is 0 Å². The molecule has 2 nitrogen and oxygen atoms in total. The van der Waals surface area contributed by atoms with E-state index in [0.717, 1.165) is 0 Å². The molecule has 0 aliphatic heterocycles. The van der Waals surface area contributed by atoms with Crippen LogP contribution in [0.2, 0.25) is 0 Å². The molecule has 0 aromatic heterocycles. The molecule has 2 aromatic carbocycles. The van der Waals surface area contributed by atoms with E-state index in [9.17, 15) is 0 Å². The van der Waals surface area contributed by atoms with E-state index in [1.165, 1.54) is 6.54 Å². The van der Waals surface area contributed by atoms with Crippen LogP contribution < -0.4 is 6.54 Å². The molecular weight excluding hydrogens is 385 g/mol. The van der Waals surface area contributed by atoms with Crippen molar-refractivity contribution in [1.29, 1.82) is 0 Å². The van der Waals surface area contributed by atoms with Crippen molar-refractivity contribution in [3.63, 3.8) is 0 Å². The van der Waals surface area contributed by atoms with Gasteiger partial charge >= 0.3 is 100 Å². The van der Waals surface area contributed by atoms with Gasteiger partial charge in [-0.1, -0.05) is 0 Å². The minimum absolute atomic E-state index is 0.311. The molecule has 75 valence electrons. The van der Waals surface area contributed by atoms with E-state index in [1.807, 2.05) is 24.3 Å². The fourth-order valence-electron chi connectivity index (χ4n) is 1.20. The summed E-state index contributed by atoms with van der Waals surface area (Å²) in [7, 11) is 0. The molecule has 2 aromatic rings. The summed E-state index contributed by atoms with van der Waals surface area (Å²) >= 11 is -0.877. The zero-order valence-corrected chi connectivity index (χ0v) is 11.4. The van der Waals surface area contributed by atoms with Gasteiger partial charge in [-0.25, -0.2) is 0 Å². The first-order valence-electron chi connectivity index (χ1n) is 4.54. The molecule has 0 spiro atoms. The van der Waals surface area contributed by atoms with Crippen LogP contribution in [0.4, 0.5) is 0 Å². The molecule has 0 atom stereocenters. The van der Waals surface area contributed by atoms with E-state index in [4.69, 9.17) is 10.2 Å². The molecule has 2 N–H and O–H groups in total. The van der Waals surface area contributed by atoms with Crippen molar-refractivity contribution in [3.05, 3.63) is 48.5 Å². The Morgan fingerprint density at radius 1 is 0.600 bits per heavy atom. The van der Waals surface area contributed by atoms with Gasteiger partial charge in [0.2, 0.25) is 0 Å². The van der Waals surface area contributed by atoms with Crippen LogP contribution in [-0.2, 0) is 0 Å². The normalized spacial score (nSPS) is 10.1. The zero-order chi connectivity index (χ0) is 10.7. The minimum atomic E-state index is -0.877. The van der Waals surface area contributed by atoms with E-state index in [0.29, 0.717) is 11.5 Å². The van der Waals surface area contributed by atoms with Crippen molar-refractivity contribution in [2.75, 3.05) is 0 Å². The number of benzene rings is 2. The van der Waals surface area contributed by atoms with Crippen LogP contribution in [0.15, 0.2) is 48.5 Å². The summed E-state index contributed by atoms with van der Waals surface area (Å²) in [5, 5.41) is 18.3. The van der Waals surface area contributed by atoms with E-state index < -0.39 is 23.2 Å².